The minimum atomic E-state index is 0.0281. The lowest BCUT2D eigenvalue weighted by Crippen LogP contribution is -2.36. The van der Waals surface area contributed by atoms with Gasteiger partial charge in [-0.1, -0.05) is 23.3 Å². The molecule has 4 heteroatoms. The number of nitrogens with one attached hydrogen (secondary N) is 1. The molecule has 1 aliphatic heterocycles. The molecule has 2 aromatic carbocycles. The number of carbonyl (C=O) groups excluding carboxylic acids is 1. The topological polar surface area (TPSA) is 41.6 Å². The number of methoxy groups -OCH3 is 1. The highest BCUT2D eigenvalue weighted by Gasteiger charge is 2.29. The average molecular weight is 395 g/mol. The van der Waals surface area contributed by atoms with Crippen molar-refractivity contribution in [3.63, 3.8) is 0 Å². The molecule has 1 amide bonds. The largest absolute Gasteiger partial charge is 0.497 e. The number of benzene rings is 2. The molecule has 0 spiro atoms. The minimum absolute atomic E-state index is 0.0281. The van der Waals surface area contributed by atoms with Gasteiger partial charge in [0, 0.05) is 24.2 Å². The number of nitrogens with zero attached hydrogens (tertiary/aromatic N) is 1. The summed E-state index contributed by atoms with van der Waals surface area (Å²) in [5, 5.41) is 3.12. The quantitative estimate of drug-likeness (QED) is 0.721. The molecule has 4 nitrogen and oxygen atoms in total. The van der Waals surface area contributed by atoms with Gasteiger partial charge in [-0.15, -0.1) is 0 Å². The van der Waals surface area contributed by atoms with E-state index in [-0.39, 0.29) is 5.91 Å². The Morgan fingerprint density at radius 2 is 1.90 bits per heavy atom. The van der Waals surface area contributed by atoms with Crippen LogP contribution in [0.5, 0.6) is 5.75 Å². The molecule has 1 fully saturated rings. The third-order valence-electron chi connectivity index (χ3n) is 6.09. The lowest BCUT2D eigenvalue weighted by Gasteiger charge is -2.32. The van der Waals surface area contributed by atoms with Crippen LogP contribution in [-0.2, 0) is 0 Å². The maximum atomic E-state index is 12.5. The van der Waals surface area contributed by atoms with Gasteiger partial charge in [-0.3, -0.25) is 9.69 Å². The van der Waals surface area contributed by atoms with Crippen LogP contribution in [0.4, 0.5) is 0 Å². The van der Waals surface area contributed by atoms with Crippen LogP contribution in [0.2, 0.25) is 0 Å². The second-order valence-electron chi connectivity index (χ2n) is 8.35. The monoisotopic (exact) mass is 394 g/mol. The molecule has 0 aliphatic carbocycles. The molecule has 0 aromatic heterocycles. The third kappa shape index (κ3) is 5.18. The number of ether oxygens (including phenoxy) is 1. The number of carbonyl (C=O) groups is 1. The Kier molecular flexibility index (Phi) is 6.96. The zero-order valence-corrected chi connectivity index (χ0v) is 18.4. The summed E-state index contributed by atoms with van der Waals surface area (Å²) in [5.41, 5.74) is 5.64. The number of likely N-dealkylation sites (tertiary alicyclic amines) is 1. The molecule has 29 heavy (non-hydrogen) atoms. The normalized spacial score (nSPS) is 17.9. The molecule has 0 bridgehead atoms. The fourth-order valence-electron chi connectivity index (χ4n) is 4.66. The first kappa shape index (κ1) is 21.4. The summed E-state index contributed by atoms with van der Waals surface area (Å²) in [6.07, 6.45) is 3.39. The summed E-state index contributed by atoms with van der Waals surface area (Å²) in [6, 6.07) is 13.2. The number of hydrogen-bond donors (Lipinski definition) is 1. The Balaban J connectivity index is 1.59. The first-order valence-electron chi connectivity index (χ1n) is 10.7. The zero-order valence-electron chi connectivity index (χ0n) is 18.4. The van der Waals surface area contributed by atoms with Gasteiger partial charge in [-0.25, -0.2) is 0 Å². The van der Waals surface area contributed by atoms with Crippen molar-refractivity contribution < 1.29 is 9.53 Å². The third-order valence-corrected chi connectivity index (χ3v) is 6.09. The van der Waals surface area contributed by atoms with Gasteiger partial charge >= 0.3 is 0 Å². The fraction of sp³-hybridized carbons (Fsp3) is 0.480. The van der Waals surface area contributed by atoms with Crippen LogP contribution in [0.15, 0.2) is 36.4 Å². The highest BCUT2D eigenvalue weighted by Crippen LogP contribution is 2.33. The maximum absolute atomic E-state index is 12.5. The van der Waals surface area contributed by atoms with Crippen molar-refractivity contribution in [3.8, 4) is 5.75 Å². The summed E-state index contributed by atoms with van der Waals surface area (Å²) in [4.78, 5) is 15.1. The van der Waals surface area contributed by atoms with E-state index >= 15 is 0 Å². The van der Waals surface area contributed by atoms with Crippen LogP contribution in [0.25, 0.3) is 0 Å². The van der Waals surface area contributed by atoms with Gasteiger partial charge in [0.15, 0.2) is 0 Å². The van der Waals surface area contributed by atoms with Crippen LogP contribution in [0.3, 0.4) is 0 Å². The molecule has 2 atom stereocenters. The zero-order chi connectivity index (χ0) is 21.0. The Bertz CT molecular complexity index is 842. The van der Waals surface area contributed by atoms with E-state index in [9.17, 15) is 4.79 Å². The molecule has 3 rings (SSSR count). The van der Waals surface area contributed by atoms with Crippen LogP contribution < -0.4 is 10.1 Å². The Morgan fingerprint density at radius 3 is 2.55 bits per heavy atom. The first-order chi connectivity index (χ1) is 13.9. The van der Waals surface area contributed by atoms with Crippen molar-refractivity contribution in [1.82, 2.24) is 10.2 Å². The lowest BCUT2D eigenvalue weighted by molar-refractivity contribution is 0.0947. The van der Waals surface area contributed by atoms with E-state index in [4.69, 9.17) is 4.74 Å². The second kappa shape index (κ2) is 9.45. The molecule has 156 valence electrons. The summed E-state index contributed by atoms with van der Waals surface area (Å²) in [6.45, 7) is 10.3. The fourth-order valence-corrected chi connectivity index (χ4v) is 4.66. The van der Waals surface area contributed by atoms with E-state index in [1.165, 1.54) is 24.0 Å². The smallest absolute Gasteiger partial charge is 0.251 e. The lowest BCUT2D eigenvalue weighted by atomic mass is 9.99. The highest BCUT2D eigenvalue weighted by atomic mass is 16.5. The average Bonchev–Trinajstić information content (AvgIpc) is 3.15. The van der Waals surface area contributed by atoms with Crippen LogP contribution >= 0.6 is 0 Å². The Morgan fingerprint density at radius 1 is 1.17 bits per heavy atom. The summed E-state index contributed by atoms with van der Waals surface area (Å²) >= 11 is 0. The second-order valence-corrected chi connectivity index (χ2v) is 8.35. The van der Waals surface area contributed by atoms with E-state index < -0.39 is 0 Å². The SMILES string of the molecule is COc1ccc(C(C)N2CCCC2CCNC(=O)c2cc(C)cc(C)c2)c(C)c1. The predicted molar refractivity (Wildman–Crippen MR) is 119 cm³/mol. The predicted octanol–water partition coefficient (Wildman–Crippen LogP) is 4.97. The maximum Gasteiger partial charge on any atom is 0.251 e. The Hall–Kier alpha value is -2.33. The molecule has 0 saturated carbocycles. The van der Waals surface area contributed by atoms with Crippen LogP contribution in [0.1, 0.15) is 64.8 Å². The number of amides is 1. The minimum Gasteiger partial charge on any atom is -0.497 e. The molecule has 1 heterocycles. The summed E-state index contributed by atoms with van der Waals surface area (Å²) in [5.74, 6) is 0.936. The van der Waals surface area contributed by atoms with E-state index in [0.29, 0.717) is 18.6 Å². The first-order valence-corrected chi connectivity index (χ1v) is 10.7. The molecular formula is C25H34N2O2. The molecule has 2 unspecified atom stereocenters. The van der Waals surface area contributed by atoms with E-state index in [1.54, 1.807) is 7.11 Å². The van der Waals surface area contributed by atoms with Gasteiger partial charge in [0.1, 0.15) is 5.75 Å². The van der Waals surface area contributed by atoms with Gasteiger partial charge in [-0.05, 0) is 88.9 Å². The van der Waals surface area contributed by atoms with Crippen molar-refractivity contribution in [2.75, 3.05) is 20.2 Å². The molecule has 0 radical (unpaired) electrons. The van der Waals surface area contributed by atoms with Crippen molar-refractivity contribution in [3.05, 3.63) is 64.2 Å². The molecule has 1 N–H and O–H groups in total. The number of hydrogen-bond acceptors (Lipinski definition) is 3. The van der Waals surface area contributed by atoms with Crippen molar-refractivity contribution >= 4 is 5.91 Å². The summed E-state index contributed by atoms with van der Waals surface area (Å²) < 4.78 is 5.35. The van der Waals surface area contributed by atoms with Crippen molar-refractivity contribution in [2.45, 2.75) is 59.0 Å². The van der Waals surface area contributed by atoms with Gasteiger partial charge in [0.25, 0.3) is 5.91 Å². The van der Waals surface area contributed by atoms with Gasteiger partial charge in [-0.2, -0.15) is 0 Å². The molecule has 1 aliphatic rings. The highest BCUT2D eigenvalue weighted by molar-refractivity contribution is 5.94. The van der Waals surface area contributed by atoms with Gasteiger partial charge in [0.2, 0.25) is 0 Å². The molecular weight excluding hydrogens is 360 g/mol. The van der Waals surface area contributed by atoms with E-state index in [1.807, 2.05) is 32.0 Å². The Labute approximate surface area is 175 Å². The molecule has 1 saturated heterocycles. The van der Waals surface area contributed by atoms with E-state index in [2.05, 4.69) is 42.3 Å². The van der Waals surface area contributed by atoms with E-state index in [0.717, 1.165) is 35.4 Å². The molecule has 2 aromatic rings. The van der Waals surface area contributed by atoms with Crippen LogP contribution in [-0.4, -0.2) is 37.0 Å². The van der Waals surface area contributed by atoms with Crippen molar-refractivity contribution in [1.29, 1.82) is 0 Å². The summed E-state index contributed by atoms with van der Waals surface area (Å²) in [7, 11) is 1.71. The standard InChI is InChI=1S/C25H34N2O2/c1-17-13-18(2)15-21(14-17)25(28)26-11-10-22-7-6-12-27(22)20(4)24-9-8-23(29-5)16-19(24)3/h8-9,13-16,20,22H,6-7,10-12H2,1-5H3,(H,26,28). The van der Waals surface area contributed by atoms with Gasteiger partial charge < -0.3 is 10.1 Å². The van der Waals surface area contributed by atoms with Gasteiger partial charge in [0.05, 0.1) is 7.11 Å². The number of rotatable bonds is 7. The van der Waals surface area contributed by atoms with Crippen molar-refractivity contribution in [2.24, 2.45) is 0 Å². The number of aryl methyl sites for hydroxylation is 3. The van der Waals surface area contributed by atoms with Crippen LogP contribution in [0, 0.1) is 20.8 Å².